The van der Waals surface area contributed by atoms with Crippen LogP contribution < -0.4 is 15.4 Å². The van der Waals surface area contributed by atoms with Gasteiger partial charge < -0.3 is 15.4 Å². The highest BCUT2D eigenvalue weighted by Crippen LogP contribution is 2.28. The summed E-state index contributed by atoms with van der Waals surface area (Å²) >= 11 is 1.43. The third kappa shape index (κ3) is 6.30. The fourth-order valence-electron chi connectivity index (χ4n) is 2.75. The van der Waals surface area contributed by atoms with Gasteiger partial charge in [-0.1, -0.05) is 37.3 Å². The van der Waals surface area contributed by atoms with Crippen molar-refractivity contribution in [2.45, 2.75) is 52.4 Å². The van der Waals surface area contributed by atoms with Crippen molar-refractivity contribution in [3.05, 3.63) is 34.8 Å². The second-order valence-electron chi connectivity index (χ2n) is 6.30. The Labute approximate surface area is 169 Å². The summed E-state index contributed by atoms with van der Waals surface area (Å²) in [5.41, 5.74) is 0.497. The van der Waals surface area contributed by atoms with Gasteiger partial charge in [0.15, 0.2) is 0 Å². The molecule has 0 saturated carbocycles. The lowest BCUT2D eigenvalue weighted by atomic mass is 10.1. The highest BCUT2D eigenvalue weighted by Gasteiger charge is 2.15. The lowest BCUT2D eigenvalue weighted by Crippen LogP contribution is -2.26. The summed E-state index contributed by atoms with van der Waals surface area (Å²) in [4.78, 5) is 24.4. The average Bonchev–Trinajstić information content (AvgIpc) is 3.15. The van der Waals surface area contributed by atoms with E-state index in [4.69, 9.17) is 4.74 Å². The Kier molecular flexibility index (Phi) is 8.87. The van der Waals surface area contributed by atoms with Gasteiger partial charge in [0.05, 0.1) is 12.2 Å². The van der Waals surface area contributed by atoms with Gasteiger partial charge in [-0.2, -0.15) is 0 Å². The van der Waals surface area contributed by atoms with Gasteiger partial charge in [0, 0.05) is 18.9 Å². The second kappa shape index (κ2) is 11.4. The van der Waals surface area contributed by atoms with Crippen molar-refractivity contribution < 1.29 is 14.3 Å². The van der Waals surface area contributed by atoms with Gasteiger partial charge in [-0.15, -0.1) is 10.2 Å². The quantitative estimate of drug-likeness (QED) is 0.552. The number of hydrogen-bond acceptors (Lipinski definition) is 6. The van der Waals surface area contributed by atoms with Gasteiger partial charge in [0.1, 0.15) is 10.8 Å². The molecule has 0 atom stereocenters. The van der Waals surface area contributed by atoms with Crippen LogP contribution in [0, 0.1) is 0 Å². The molecule has 28 heavy (non-hydrogen) atoms. The van der Waals surface area contributed by atoms with E-state index in [-0.39, 0.29) is 11.8 Å². The van der Waals surface area contributed by atoms with Crippen LogP contribution >= 0.6 is 11.3 Å². The predicted molar refractivity (Wildman–Crippen MR) is 111 cm³/mol. The van der Waals surface area contributed by atoms with E-state index in [9.17, 15) is 9.59 Å². The Balaban J connectivity index is 1.75. The van der Waals surface area contributed by atoms with Crippen LogP contribution in [0.15, 0.2) is 24.3 Å². The summed E-state index contributed by atoms with van der Waals surface area (Å²) in [6.45, 7) is 7.01. The number of para-hydroxylation sites is 1. The smallest absolute Gasteiger partial charge is 0.255 e. The minimum Gasteiger partial charge on any atom is -0.493 e. The number of hydrogen-bond donors (Lipinski definition) is 2. The Hall–Kier alpha value is -2.48. The molecule has 0 fully saturated rings. The maximum atomic E-state index is 12.3. The molecule has 2 aromatic rings. The number of rotatable bonds is 11. The Morgan fingerprint density at radius 2 is 1.89 bits per heavy atom. The molecule has 0 aliphatic rings. The molecule has 2 rings (SSSR count). The third-order valence-electron chi connectivity index (χ3n) is 4.32. The molecule has 1 aromatic carbocycles. The fraction of sp³-hybridized carbons (Fsp3) is 0.500. The molecule has 0 unspecified atom stereocenters. The molecule has 152 valence electrons. The van der Waals surface area contributed by atoms with Crippen LogP contribution in [0.3, 0.4) is 0 Å². The van der Waals surface area contributed by atoms with Gasteiger partial charge in [-0.25, -0.2) is 0 Å². The zero-order chi connectivity index (χ0) is 20.4. The first-order chi connectivity index (χ1) is 13.6. The monoisotopic (exact) mass is 404 g/mol. The number of carbonyl (C=O) groups excluding carboxylic acids is 2. The van der Waals surface area contributed by atoms with Gasteiger partial charge in [-0.3, -0.25) is 9.59 Å². The van der Waals surface area contributed by atoms with E-state index in [1.807, 2.05) is 13.0 Å². The summed E-state index contributed by atoms with van der Waals surface area (Å²) in [5, 5.41) is 15.3. The molecule has 7 nitrogen and oxygen atoms in total. The SMILES string of the molecule is CCOc1ccccc1C(=O)NCCCC(=O)Nc1nnc(C(CC)CC)s1. The van der Waals surface area contributed by atoms with Crippen LogP contribution in [0.25, 0.3) is 0 Å². The molecule has 2 N–H and O–H groups in total. The Morgan fingerprint density at radius 3 is 2.61 bits per heavy atom. The van der Waals surface area contributed by atoms with Crippen LogP contribution in [0.5, 0.6) is 5.75 Å². The lowest BCUT2D eigenvalue weighted by Gasteiger charge is -2.10. The van der Waals surface area contributed by atoms with Crippen LogP contribution in [0.1, 0.15) is 67.7 Å². The summed E-state index contributed by atoms with van der Waals surface area (Å²) in [6, 6.07) is 7.11. The molecule has 1 heterocycles. The number of ether oxygens (including phenoxy) is 1. The predicted octanol–water partition coefficient (Wildman–Crippen LogP) is 3.99. The largest absolute Gasteiger partial charge is 0.493 e. The molecule has 0 aliphatic carbocycles. The number of nitrogens with zero attached hydrogens (tertiary/aromatic N) is 2. The first-order valence-electron chi connectivity index (χ1n) is 9.72. The zero-order valence-corrected chi connectivity index (χ0v) is 17.5. The van der Waals surface area contributed by atoms with Crippen LogP contribution in [0.4, 0.5) is 5.13 Å². The third-order valence-corrected chi connectivity index (χ3v) is 5.32. The summed E-state index contributed by atoms with van der Waals surface area (Å²) in [5.74, 6) is 0.613. The van der Waals surface area contributed by atoms with Crippen molar-refractivity contribution in [1.29, 1.82) is 0 Å². The number of nitrogens with one attached hydrogen (secondary N) is 2. The maximum absolute atomic E-state index is 12.3. The van der Waals surface area contributed by atoms with Gasteiger partial charge in [0.2, 0.25) is 11.0 Å². The molecule has 8 heteroatoms. The van der Waals surface area contributed by atoms with E-state index in [1.54, 1.807) is 18.2 Å². The molecule has 2 amide bonds. The number of carbonyl (C=O) groups is 2. The molecule has 0 radical (unpaired) electrons. The van der Waals surface area contributed by atoms with Crippen LogP contribution in [-0.4, -0.2) is 35.2 Å². The second-order valence-corrected chi connectivity index (χ2v) is 7.30. The number of aromatic nitrogens is 2. The molecule has 0 bridgehead atoms. The van der Waals surface area contributed by atoms with E-state index in [0.717, 1.165) is 17.8 Å². The molecular weight excluding hydrogens is 376 g/mol. The minimum atomic E-state index is -0.205. The normalized spacial score (nSPS) is 10.7. The van der Waals surface area contributed by atoms with Crippen molar-refractivity contribution in [2.24, 2.45) is 0 Å². The van der Waals surface area contributed by atoms with Crippen LogP contribution in [-0.2, 0) is 4.79 Å². The van der Waals surface area contributed by atoms with Crippen LogP contribution in [0.2, 0.25) is 0 Å². The molecule has 0 aliphatic heterocycles. The summed E-state index contributed by atoms with van der Waals surface area (Å²) in [6.07, 6.45) is 2.84. The van der Waals surface area contributed by atoms with E-state index in [0.29, 0.717) is 48.4 Å². The van der Waals surface area contributed by atoms with E-state index >= 15 is 0 Å². The Bertz CT molecular complexity index is 774. The van der Waals surface area contributed by atoms with E-state index < -0.39 is 0 Å². The van der Waals surface area contributed by atoms with Crippen molar-refractivity contribution in [1.82, 2.24) is 15.5 Å². The first-order valence-corrected chi connectivity index (χ1v) is 10.5. The lowest BCUT2D eigenvalue weighted by molar-refractivity contribution is -0.116. The van der Waals surface area contributed by atoms with Crippen molar-refractivity contribution in [3.8, 4) is 5.75 Å². The van der Waals surface area contributed by atoms with E-state index in [2.05, 4.69) is 34.7 Å². The van der Waals surface area contributed by atoms with Gasteiger partial charge in [0.25, 0.3) is 5.91 Å². The van der Waals surface area contributed by atoms with Crippen molar-refractivity contribution >= 4 is 28.3 Å². The first kappa shape index (κ1) is 21.8. The molecule has 1 aromatic heterocycles. The van der Waals surface area contributed by atoms with Gasteiger partial charge >= 0.3 is 0 Å². The molecule has 0 saturated heterocycles. The Morgan fingerprint density at radius 1 is 1.14 bits per heavy atom. The molecule has 0 spiro atoms. The standard InChI is InChI=1S/C20H28N4O3S/c1-4-14(5-2)19-23-24-20(28-19)22-17(25)12-9-13-21-18(26)15-10-7-8-11-16(15)27-6-3/h7-8,10-11,14H,4-6,9,12-13H2,1-3H3,(H,21,26)(H,22,24,25). The number of amides is 2. The van der Waals surface area contributed by atoms with Crippen molar-refractivity contribution in [3.63, 3.8) is 0 Å². The molecular formula is C20H28N4O3S. The van der Waals surface area contributed by atoms with Crippen molar-refractivity contribution in [2.75, 3.05) is 18.5 Å². The topological polar surface area (TPSA) is 93.2 Å². The highest BCUT2D eigenvalue weighted by molar-refractivity contribution is 7.15. The maximum Gasteiger partial charge on any atom is 0.255 e. The average molecular weight is 405 g/mol. The summed E-state index contributed by atoms with van der Waals surface area (Å²) in [7, 11) is 0. The van der Waals surface area contributed by atoms with E-state index in [1.165, 1.54) is 11.3 Å². The number of anilines is 1. The highest BCUT2D eigenvalue weighted by atomic mass is 32.1. The fourth-order valence-corrected chi connectivity index (χ4v) is 3.78. The summed E-state index contributed by atoms with van der Waals surface area (Å²) < 4.78 is 5.47. The zero-order valence-electron chi connectivity index (χ0n) is 16.7. The van der Waals surface area contributed by atoms with Gasteiger partial charge in [-0.05, 0) is 38.3 Å². The minimum absolute atomic E-state index is 0.129. The number of benzene rings is 1.